The van der Waals surface area contributed by atoms with Gasteiger partial charge in [0, 0.05) is 0 Å². The van der Waals surface area contributed by atoms with Crippen LogP contribution >= 0.6 is 0 Å². The van der Waals surface area contributed by atoms with E-state index < -0.39 is 37.7 Å². The third-order valence-electron chi connectivity index (χ3n) is 3.86. The summed E-state index contributed by atoms with van der Waals surface area (Å²) in [6.45, 7) is 1.51. The quantitative estimate of drug-likeness (QED) is 0.848. The molecular formula is C16H15FN2O5S2. The van der Waals surface area contributed by atoms with Crippen LogP contribution in [0.25, 0.3) is 0 Å². The number of anilines is 2. The molecule has 0 spiro atoms. The fraction of sp³-hybridized carbons (Fsp3) is 0.188. The Balaban J connectivity index is 1.90. The number of carbonyl (C=O) groups excluding carboxylic acids is 1. The van der Waals surface area contributed by atoms with Crippen molar-refractivity contribution in [2.75, 3.05) is 14.8 Å². The Hall–Kier alpha value is -2.46. The summed E-state index contributed by atoms with van der Waals surface area (Å²) in [6, 6.07) is 10.1. The largest absolute Gasteiger partial charge is 0.277 e. The van der Waals surface area contributed by atoms with Crippen LogP contribution in [0.2, 0.25) is 0 Å². The third kappa shape index (κ3) is 3.29. The standard InChI is InChI=1S/C16H15FN2O5S2/c1-11-10-25(21,22)19(16(11)20)12-6-8-13(9-7-12)26(23,24)18-15-5-3-2-4-14(15)17/h2-9,11,18H,10H2,1H3. The van der Waals surface area contributed by atoms with Gasteiger partial charge in [0.25, 0.3) is 10.0 Å². The minimum atomic E-state index is -4.07. The van der Waals surface area contributed by atoms with E-state index in [4.69, 9.17) is 0 Å². The summed E-state index contributed by atoms with van der Waals surface area (Å²) in [5.74, 6) is -2.24. The second kappa shape index (κ2) is 6.36. The van der Waals surface area contributed by atoms with Gasteiger partial charge in [-0.3, -0.25) is 9.52 Å². The Labute approximate surface area is 150 Å². The second-order valence-electron chi connectivity index (χ2n) is 5.86. The van der Waals surface area contributed by atoms with Crippen LogP contribution in [-0.4, -0.2) is 28.5 Å². The lowest BCUT2D eigenvalue weighted by Crippen LogP contribution is -2.30. The number of halogens is 1. The zero-order chi connectivity index (χ0) is 19.1. The summed E-state index contributed by atoms with van der Waals surface area (Å²) in [5, 5.41) is 0. The Morgan fingerprint density at radius 3 is 2.27 bits per heavy atom. The van der Waals surface area contributed by atoms with Gasteiger partial charge >= 0.3 is 0 Å². The number of para-hydroxylation sites is 1. The van der Waals surface area contributed by atoms with E-state index in [0.29, 0.717) is 4.31 Å². The molecule has 0 bridgehead atoms. The third-order valence-corrected chi connectivity index (χ3v) is 7.11. The molecule has 1 unspecified atom stereocenters. The van der Waals surface area contributed by atoms with E-state index in [2.05, 4.69) is 4.72 Å². The lowest BCUT2D eigenvalue weighted by molar-refractivity contribution is -0.119. The Kier molecular flexibility index (Phi) is 4.49. The number of hydrogen-bond donors (Lipinski definition) is 1. The van der Waals surface area contributed by atoms with Crippen molar-refractivity contribution in [3.8, 4) is 0 Å². The minimum absolute atomic E-state index is 0.0594. The van der Waals surface area contributed by atoms with Crippen LogP contribution in [0.1, 0.15) is 6.92 Å². The van der Waals surface area contributed by atoms with Crippen LogP contribution in [0.15, 0.2) is 53.4 Å². The van der Waals surface area contributed by atoms with Crippen LogP contribution in [-0.2, 0) is 24.8 Å². The maximum atomic E-state index is 13.6. The highest BCUT2D eigenvalue weighted by atomic mass is 32.2. The maximum Gasteiger partial charge on any atom is 0.261 e. The van der Waals surface area contributed by atoms with Crippen LogP contribution in [0.4, 0.5) is 15.8 Å². The molecule has 0 aliphatic carbocycles. The molecule has 138 valence electrons. The van der Waals surface area contributed by atoms with Crippen molar-refractivity contribution < 1.29 is 26.0 Å². The van der Waals surface area contributed by atoms with E-state index in [1.165, 1.54) is 37.3 Å². The molecule has 1 heterocycles. The van der Waals surface area contributed by atoms with Crippen molar-refractivity contribution in [3.05, 3.63) is 54.3 Å². The van der Waals surface area contributed by atoms with Crippen molar-refractivity contribution in [1.82, 2.24) is 0 Å². The molecule has 1 N–H and O–H groups in total. The molecule has 10 heteroatoms. The fourth-order valence-electron chi connectivity index (χ4n) is 2.60. The Bertz CT molecular complexity index is 1070. The zero-order valence-corrected chi connectivity index (χ0v) is 15.2. The highest BCUT2D eigenvalue weighted by Crippen LogP contribution is 2.29. The molecule has 1 saturated heterocycles. The molecule has 1 atom stereocenters. The van der Waals surface area contributed by atoms with E-state index in [-0.39, 0.29) is 22.0 Å². The average molecular weight is 398 g/mol. The van der Waals surface area contributed by atoms with Crippen molar-refractivity contribution in [3.63, 3.8) is 0 Å². The van der Waals surface area contributed by atoms with Gasteiger partial charge < -0.3 is 0 Å². The molecule has 1 aliphatic heterocycles. The lowest BCUT2D eigenvalue weighted by atomic mass is 10.2. The van der Waals surface area contributed by atoms with E-state index in [1.807, 2.05) is 0 Å². The van der Waals surface area contributed by atoms with Crippen molar-refractivity contribution in [2.45, 2.75) is 11.8 Å². The molecule has 3 rings (SSSR count). The predicted octanol–water partition coefficient (Wildman–Crippen LogP) is 1.94. The first-order valence-electron chi connectivity index (χ1n) is 7.56. The summed E-state index contributed by atoms with van der Waals surface area (Å²) >= 11 is 0. The van der Waals surface area contributed by atoms with Gasteiger partial charge in [0.05, 0.1) is 27.9 Å². The Morgan fingerprint density at radius 1 is 1.12 bits per heavy atom. The smallest absolute Gasteiger partial charge is 0.261 e. The molecule has 1 fully saturated rings. The fourth-order valence-corrected chi connectivity index (χ4v) is 5.48. The minimum Gasteiger partial charge on any atom is -0.277 e. The number of nitrogens with zero attached hydrogens (tertiary/aromatic N) is 1. The van der Waals surface area contributed by atoms with Crippen molar-refractivity contribution >= 4 is 37.3 Å². The summed E-state index contributed by atoms with van der Waals surface area (Å²) in [7, 11) is -7.84. The molecule has 0 saturated carbocycles. The molecule has 1 aliphatic rings. The molecule has 7 nitrogen and oxygen atoms in total. The molecule has 1 amide bonds. The number of carbonyl (C=O) groups is 1. The average Bonchev–Trinajstić information content (AvgIpc) is 2.77. The van der Waals surface area contributed by atoms with Crippen molar-refractivity contribution in [1.29, 1.82) is 0 Å². The van der Waals surface area contributed by atoms with Gasteiger partial charge in [0.2, 0.25) is 15.9 Å². The van der Waals surface area contributed by atoms with E-state index in [9.17, 15) is 26.0 Å². The van der Waals surface area contributed by atoms with E-state index in [0.717, 1.165) is 18.2 Å². The molecule has 0 aromatic heterocycles. The van der Waals surface area contributed by atoms with Gasteiger partial charge in [-0.15, -0.1) is 0 Å². The summed E-state index contributed by atoms with van der Waals surface area (Å²) in [5.41, 5.74) is -0.146. The monoisotopic (exact) mass is 398 g/mol. The van der Waals surface area contributed by atoms with Gasteiger partial charge in [-0.1, -0.05) is 19.1 Å². The molecule has 2 aromatic carbocycles. The van der Waals surface area contributed by atoms with E-state index >= 15 is 0 Å². The molecule has 2 aromatic rings. The van der Waals surface area contributed by atoms with Gasteiger partial charge in [-0.05, 0) is 36.4 Å². The predicted molar refractivity (Wildman–Crippen MR) is 94.1 cm³/mol. The van der Waals surface area contributed by atoms with E-state index in [1.54, 1.807) is 0 Å². The van der Waals surface area contributed by atoms with Gasteiger partial charge in [-0.2, -0.15) is 0 Å². The van der Waals surface area contributed by atoms with Gasteiger partial charge in [-0.25, -0.2) is 25.5 Å². The van der Waals surface area contributed by atoms with Crippen LogP contribution < -0.4 is 9.03 Å². The number of sulfonamides is 2. The summed E-state index contributed by atoms with van der Waals surface area (Å²) < 4.78 is 65.3. The molecule has 26 heavy (non-hydrogen) atoms. The molecular weight excluding hydrogens is 383 g/mol. The molecule has 0 radical (unpaired) electrons. The first-order chi connectivity index (χ1) is 12.1. The van der Waals surface area contributed by atoms with Gasteiger partial charge in [0.1, 0.15) is 5.82 Å². The lowest BCUT2D eigenvalue weighted by Gasteiger charge is -2.16. The number of hydrogen-bond acceptors (Lipinski definition) is 5. The number of benzene rings is 2. The number of amides is 1. The normalized spacial score (nSPS) is 19.5. The summed E-state index contributed by atoms with van der Waals surface area (Å²) in [6.07, 6.45) is 0. The second-order valence-corrected chi connectivity index (χ2v) is 9.41. The number of nitrogens with one attached hydrogen (secondary N) is 1. The first-order valence-corrected chi connectivity index (χ1v) is 10.7. The van der Waals surface area contributed by atoms with Crippen LogP contribution in [0, 0.1) is 11.7 Å². The van der Waals surface area contributed by atoms with Crippen molar-refractivity contribution in [2.24, 2.45) is 5.92 Å². The topological polar surface area (TPSA) is 101 Å². The highest BCUT2D eigenvalue weighted by molar-refractivity contribution is 7.94. The van der Waals surface area contributed by atoms with Crippen LogP contribution in [0.5, 0.6) is 0 Å². The maximum absolute atomic E-state index is 13.6. The van der Waals surface area contributed by atoms with Gasteiger partial charge in [0.15, 0.2) is 0 Å². The highest BCUT2D eigenvalue weighted by Gasteiger charge is 2.41. The number of rotatable bonds is 4. The zero-order valence-electron chi connectivity index (χ0n) is 13.6. The summed E-state index contributed by atoms with van der Waals surface area (Å²) in [4.78, 5) is 11.9. The van der Waals surface area contributed by atoms with Crippen LogP contribution in [0.3, 0.4) is 0 Å². The SMILES string of the molecule is CC1CS(=O)(=O)N(c2ccc(S(=O)(=O)Nc3ccccc3F)cc2)C1=O. The first kappa shape index (κ1) is 18.3. The Morgan fingerprint density at radius 2 is 1.73 bits per heavy atom.